The Morgan fingerprint density at radius 2 is 1.83 bits per heavy atom. The molecule has 1 saturated heterocycles. The fourth-order valence-corrected chi connectivity index (χ4v) is 3.63. The molecule has 24 heavy (non-hydrogen) atoms. The van der Waals surface area contributed by atoms with Crippen LogP contribution in [0.15, 0.2) is 24.3 Å². The van der Waals surface area contributed by atoms with Gasteiger partial charge in [-0.1, -0.05) is 25.0 Å². The lowest BCUT2D eigenvalue weighted by Crippen LogP contribution is -2.41. The van der Waals surface area contributed by atoms with Gasteiger partial charge in [0.2, 0.25) is 17.7 Å². The van der Waals surface area contributed by atoms with Crippen molar-refractivity contribution in [3.8, 4) is 0 Å². The second kappa shape index (κ2) is 7.11. The maximum Gasteiger partial charge on any atom is 0.240 e. The van der Waals surface area contributed by atoms with E-state index in [4.69, 9.17) is 0 Å². The molecule has 2 fully saturated rings. The average Bonchev–Trinajstić information content (AvgIpc) is 2.80. The Bertz CT molecular complexity index is 637. The zero-order valence-corrected chi connectivity index (χ0v) is 13.5. The third kappa shape index (κ3) is 3.47. The smallest absolute Gasteiger partial charge is 0.240 e. The minimum atomic E-state index is -0.355. The van der Waals surface area contributed by atoms with E-state index >= 15 is 0 Å². The van der Waals surface area contributed by atoms with Crippen LogP contribution in [0.25, 0.3) is 0 Å². The van der Waals surface area contributed by atoms with E-state index in [0.717, 1.165) is 36.1 Å². The molecule has 1 aliphatic heterocycles. The Morgan fingerprint density at radius 3 is 2.46 bits per heavy atom. The fourth-order valence-electron chi connectivity index (χ4n) is 3.63. The van der Waals surface area contributed by atoms with E-state index in [1.165, 1.54) is 12.1 Å². The van der Waals surface area contributed by atoms with E-state index < -0.39 is 0 Å². The lowest BCUT2D eigenvalue weighted by Gasteiger charge is -2.19. The molecule has 0 aromatic heterocycles. The molecule has 2 unspecified atom stereocenters. The van der Waals surface area contributed by atoms with Gasteiger partial charge in [-0.3, -0.25) is 19.3 Å². The van der Waals surface area contributed by atoms with Crippen molar-refractivity contribution in [2.24, 2.45) is 11.8 Å². The predicted octanol–water partition coefficient (Wildman–Crippen LogP) is 1.66. The zero-order chi connectivity index (χ0) is 17.1. The van der Waals surface area contributed by atoms with Gasteiger partial charge in [-0.25, -0.2) is 4.39 Å². The van der Waals surface area contributed by atoms with Crippen LogP contribution < -0.4 is 5.32 Å². The molecule has 1 saturated carbocycles. The molecular weight excluding hydrogens is 311 g/mol. The standard InChI is InChI=1S/C18H21FN2O3/c19-13-5-3-4-12(10-13)8-9-20-16(22)11-21-17(23)14-6-1-2-7-15(14)18(21)24/h3-5,10,14-15H,1-2,6-9,11H2,(H,20,22). The number of halogens is 1. The van der Waals surface area contributed by atoms with E-state index in [-0.39, 0.29) is 41.9 Å². The van der Waals surface area contributed by atoms with Crippen LogP contribution in [0.3, 0.4) is 0 Å². The summed E-state index contributed by atoms with van der Waals surface area (Å²) in [6, 6.07) is 6.19. The molecule has 1 aromatic rings. The zero-order valence-electron chi connectivity index (χ0n) is 13.5. The number of nitrogens with one attached hydrogen (secondary N) is 1. The van der Waals surface area contributed by atoms with E-state index in [9.17, 15) is 18.8 Å². The van der Waals surface area contributed by atoms with Crippen LogP contribution in [0.2, 0.25) is 0 Å². The van der Waals surface area contributed by atoms with Gasteiger partial charge < -0.3 is 5.32 Å². The first kappa shape index (κ1) is 16.6. The highest BCUT2D eigenvalue weighted by atomic mass is 19.1. The number of carbonyl (C=O) groups excluding carboxylic acids is 3. The number of fused-ring (bicyclic) bond motifs is 1. The van der Waals surface area contributed by atoms with Crippen molar-refractivity contribution in [3.05, 3.63) is 35.6 Å². The number of benzene rings is 1. The Hall–Kier alpha value is -2.24. The second-order valence-electron chi connectivity index (χ2n) is 6.49. The van der Waals surface area contributed by atoms with Gasteiger partial charge in [0.25, 0.3) is 0 Å². The highest BCUT2D eigenvalue weighted by Gasteiger charge is 2.48. The molecule has 5 nitrogen and oxygen atoms in total. The van der Waals surface area contributed by atoms with Crippen LogP contribution in [-0.2, 0) is 20.8 Å². The van der Waals surface area contributed by atoms with E-state index in [0.29, 0.717) is 13.0 Å². The molecule has 2 atom stereocenters. The van der Waals surface area contributed by atoms with Crippen molar-refractivity contribution < 1.29 is 18.8 Å². The summed E-state index contributed by atoms with van der Waals surface area (Å²) in [6.07, 6.45) is 3.91. The van der Waals surface area contributed by atoms with E-state index in [1.807, 2.05) is 0 Å². The van der Waals surface area contributed by atoms with Gasteiger partial charge >= 0.3 is 0 Å². The van der Waals surface area contributed by atoms with Gasteiger partial charge in [-0.2, -0.15) is 0 Å². The molecule has 6 heteroatoms. The van der Waals surface area contributed by atoms with Crippen molar-refractivity contribution in [3.63, 3.8) is 0 Å². The Morgan fingerprint density at radius 1 is 1.17 bits per heavy atom. The van der Waals surface area contributed by atoms with Gasteiger partial charge in [0.1, 0.15) is 12.4 Å². The molecule has 1 aromatic carbocycles. The predicted molar refractivity (Wildman–Crippen MR) is 85.3 cm³/mol. The number of carbonyl (C=O) groups is 3. The summed E-state index contributed by atoms with van der Waals surface area (Å²) in [7, 11) is 0. The van der Waals surface area contributed by atoms with Crippen molar-refractivity contribution in [2.45, 2.75) is 32.1 Å². The summed E-state index contributed by atoms with van der Waals surface area (Å²) >= 11 is 0. The van der Waals surface area contributed by atoms with Crippen LogP contribution in [0, 0.1) is 17.7 Å². The number of hydrogen-bond donors (Lipinski definition) is 1. The number of imide groups is 1. The molecule has 3 amide bonds. The number of nitrogens with zero attached hydrogens (tertiary/aromatic N) is 1. The quantitative estimate of drug-likeness (QED) is 0.834. The van der Waals surface area contributed by atoms with Crippen molar-refractivity contribution in [1.82, 2.24) is 10.2 Å². The van der Waals surface area contributed by atoms with Crippen LogP contribution >= 0.6 is 0 Å². The normalized spacial score (nSPS) is 23.3. The molecule has 1 aliphatic carbocycles. The maximum atomic E-state index is 13.1. The molecule has 0 radical (unpaired) electrons. The van der Waals surface area contributed by atoms with Crippen LogP contribution in [0.1, 0.15) is 31.2 Å². The van der Waals surface area contributed by atoms with Crippen LogP contribution in [0.5, 0.6) is 0 Å². The third-order valence-electron chi connectivity index (χ3n) is 4.86. The van der Waals surface area contributed by atoms with E-state index in [1.54, 1.807) is 12.1 Å². The van der Waals surface area contributed by atoms with Crippen LogP contribution in [-0.4, -0.2) is 35.7 Å². The van der Waals surface area contributed by atoms with Crippen molar-refractivity contribution >= 4 is 17.7 Å². The Balaban J connectivity index is 1.49. The molecule has 3 rings (SSSR count). The topological polar surface area (TPSA) is 66.5 Å². The lowest BCUT2D eigenvalue weighted by molar-refractivity contribution is -0.143. The average molecular weight is 332 g/mol. The van der Waals surface area contributed by atoms with Gasteiger partial charge in [-0.05, 0) is 37.0 Å². The highest BCUT2D eigenvalue weighted by Crippen LogP contribution is 2.37. The number of rotatable bonds is 5. The van der Waals surface area contributed by atoms with Crippen molar-refractivity contribution in [1.29, 1.82) is 0 Å². The molecule has 1 heterocycles. The Kier molecular flexibility index (Phi) is 4.92. The van der Waals surface area contributed by atoms with Gasteiger partial charge in [0, 0.05) is 6.54 Å². The number of amides is 3. The molecule has 1 N–H and O–H groups in total. The summed E-state index contributed by atoms with van der Waals surface area (Å²) < 4.78 is 13.1. The Labute approximate surface area is 140 Å². The number of hydrogen-bond acceptors (Lipinski definition) is 3. The maximum absolute atomic E-state index is 13.1. The molecule has 128 valence electrons. The molecule has 0 spiro atoms. The first-order chi connectivity index (χ1) is 11.6. The largest absolute Gasteiger partial charge is 0.354 e. The SMILES string of the molecule is O=C(CN1C(=O)C2CCCCC2C1=O)NCCc1cccc(F)c1. The van der Waals surface area contributed by atoms with E-state index in [2.05, 4.69) is 5.32 Å². The summed E-state index contributed by atoms with van der Waals surface area (Å²) in [5.41, 5.74) is 0.787. The minimum Gasteiger partial charge on any atom is -0.354 e. The monoisotopic (exact) mass is 332 g/mol. The summed E-state index contributed by atoms with van der Waals surface area (Å²) in [6.45, 7) is 0.124. The molecule has 0 bridgehead atoms. The van der Waals surface area contributed by atoms with Gasteiger partial charge in [0.15, 0.2) is 0 Å². The van der Waals surface area contributed by atoms with Gasteiger partial charge in [-0.15, -0.1) is 0 Å². The summed E-state index contributed by atoms with van der Waals surface area (Å²) in [5, 5.41) is 2.69. The molecule has 2 aliphatic rings. The number of likely N-dealkylation sites (tertiary alicyclic amines) is 1. The summed E-state index contributed by atoms with van der Waals surface area (Å²) in [4.78, 5) is 37.7. The first-order valence-corrected chi connectivity index (χ1v) is 8.42. The second-order valence-corrected chi connectivity index (χ2v) is 6.49. The lowest BCUT2D eigenvalue weighted by atomic mass is 9.81. The minimum absolute atomic E-state index is 0.204. The molecular formula is C18H21FN2O3. The highest BCUT2D eigenvalue weighted by molar-refractivity contribution is 6.07. The first-order valence-electron chi connectivity index (χ1n) is 8.42. The van der Waals surface area contributed by atoms with Crippen molar-refractivity contribution in [2.75, 3.05) is 13.1 Å². The fraction of sp³-hybridized carbons (Fsp3) is 0.500. The van der Waals surface area contributed by atoms with Gasteiger partial charge in [0.05, 0.1) is 11.8 Å². The third-order valence-corrected chi connectivity index (χ3v) is 4.86. The summed E-state index contributed by atoms with van der Waals surface area (Å²) in [5.74, 6) is -1.53. The van der Waals surface area contributed by atoms with Crippen LogP contribution in [0.4, 0.5) is 4.39 Å².